The van der Waals surface area contributed by atoms with Gasteiger partial charge in [0.1, 0.15) is 23.0 Å². The highest BCUT2D eigenvalue weighted by molar-refractivity contribution is 6.34. The molecule has 0 atom stereocenters. The molecule has 2 aromatic heterocycles. The van der Waals surface area contributed by atoms with Gasteiger partial charge in [0.2, 0.25) is 5.71 Å². The number of nitrogens with one attached hydrogen (secondary N) is 1. The van der Waals surface area contributed by atoms with Crippen molar-refractivity contribution in [2.45, 2.75) is 20.8 Å². The van der Waals surface area contributed by atoms with E-state index in [-0.39, 0.29) is 22.4 Å². The Kier molecular flexibility index (Phi) is 5.24. The Morgan fingerprint density at radius 1 is 1.29 bits per heavy atom. The molecule has 0 unspecified atom stereocenters. The van der Waals surface area contributed by atoms with Crippen LogP contribution < -0.4 is 10.9 Å². The number of furan rings is 1. The zero-order valence-electron chi connectivity index (χ0n) is 15.8. The number of carbonyl (C=O) groups excluding carboxylic acids is 2. The summed E-state index contributed by atoms with van der Waals surface area (Å²) in [7, 11) is 1.51. The number of fused-ring (bicyclic) bond motifs is 1. The molecule has 3 rings (SSSR count). The van der Waals surface area contributed by atoms with Crippen LogP contribution in [-0.4, -0.2) is 28.0 Å². The molecule has 1 amide bonds. The maximum absolute atomic E-state index is 12.5. The first kappa shape index (κ1) is 19.6. The van der Waals surface area contributed by atoms with Gasteiger partial charge in [0, 0.05) is 7.05 Å². The Labute approximate surface area is 165 Å². The lowest BCUT2D eigenvalue weighted by atomic mass is 10.1. The lowest BCUT2D eigenvalue weighted by Gasteiger charge is -2.11. The topological polar surface area (TPSA) is 103 Å². The fraction of sp³-hybridized carbons (Fsp3) is 0.263. The van der Waals surface area contributed by atoms with Crippen LogP contribution in [-0.2, 0) is 16.6 Å². The predicted octanol–water partition coefficient (Wildman–Crippen LogP) is 2.90. The van der Waals surface area contributed by atoms with E-state index in [0.717, 1.165) is 11.1 Å². The van der Waals surface area contributed by atoms with Gasteiger partial charge in [0.05, 0.1) is 10.7 Å². The normalized spacial score (nSPS) is 10.9. The molecule has 0 saturated carbocycles. The second-order valence-corrected chi connectivity index (χ2v) is 6.84. The van der Waals surface area contributed by atoms with E-state index in [1.54, 1.807) is 6.07 Å². The molecule has 28 heavy (non-hydrogen) atoms. The molecule has 1 aromatic carbocycles. The van der Waals surface area contributed by atoms with Gasteiger partial charge in [-0.25, -0.2) is 9.78 Å². The van der Waals surface area contributed by atoms with E-state index in [1.807, 2.05) is 19.9 Å². The van der Waals surface area contributed by atoms with Crippen LogP contribution in [0.5, 0.6) is 0 Å². The number of esters is 1. The van der Waals surface area contributed by atoms with Crippen molar-refractivity contribution in [3.8, 4) is 0 Å². The summed E-state index contributed by atoms with van der Waals surface area (Å²) in [6, 6.07) is 3.59. The largest absolute Gasteiger partial charge is 0.452 e. The minimum Gasteiger partial charge on any atom is -0.452 e. The fourth-order valence-corrected chi connectivity index (χ4v) is 3.25. The third kappa shape index (κ3) is 3.63. The first-order valence-electron chi connectivity index (χ1n) is 8.37. The van der Waals surface area contributed by atoms with Crippen molar-refractivity contribution in [1.82, 2.24) is 9.55 Å². The molecule has 0 saturated heterocycles. The summed E-state index contributed by atoms with van der Waals surface area (Å²) in [6.45, 7) is 4.68. The Hall–Kier alpha value is -3.13. The van der Waals surface area contributed by atoms with Crippen LogP contribution in [0.15, 0.2) is 27.7 Å². The van der Waals surface area contributed by atoms with Crippen LogP contribution in [0.4, 0.5) is 5.69 Å². The summed E-state index contributed by atoms with van der Waals surface area (Å²) in [5.74, 6) is -1.21. The highest BCUT2D eigenvalue weighted by Crippen LogP contribution is 2.27. The van der Waals surface area contributed by atoms with Gasteiger partial charge in [-0.1, -0.05) is 17.7 Å². The minimum absolute atomic E-state index is 0.0188. The summed E-state index contributed by atoms with van der Waals surface area (Å²) >= 11 is 6.16. The number of aromatic nitrogens is 2. The highest BCUT2D eigenvalue weighted by atomic mass is 35.5. The number of carbonyl (C=O) groups is 2. The average Bonchev–Trinajstić information content (AvgIpc) is 2.96. The van der Waals surface area contributed by atoms with Crippen molar-refractivity contribution >= 4 is 40.3 Å². The van der Waals surface area contributed by atoms with Gasteiger partial charge in [0.15, 0.2) is 6.61 Å². The van der Waals surface area contributed by atoms with E-state index < -0.39 is 24.0 Å². The molecule has 0 aliphatic rings. The summed E-state index contributed by atoms with van der Waals surface area (Å²) in [5.41, 5.74) is 1.76. The Morgan fingerprint density at radius 2 is 2.00 bits per heavy atom. The second-order valence-electron chi connectivity index (χ2n) is 6.44. The van der Waals surface area contributed by atoms with Crippen molar-refractivity contribution < 1.29 is 18.7 Å². The van der Waals surface area contributed by atoms with Gasteiger partial charge in [-0.15, -0.1) is 0 Å². The molecule has 0 aliphatic heterocycles. The van der Waals surface area contributed by atoms with E-state index >= 15 is 0 Å². The lowest BCUT2D eigenvalue weighted by molar-refractivity contribution is -0.119. The number of halogens is 1. The second kappa shape index (κ2) is 7.47. The van der Waals surface area contributed by atoms with Crippen molar-refractivity contribution in [3.05, 3.63) is 56.3 Å². The molecule has 3 aromatic rings. The number of aryl methyl sites for hydroxylation is 4. The molecule has 9 heteroatoms. The molecule has 146 valence electrons. The van der Waals surface area contributed by atoms with Crippen molar-refractivity contribution in [1.29, 1.82) is 0 Å². The molecule has 0 radical (unpaired) electrons. The van der Waals surface area contributed by atoms with Crippen LogP contribution in [0.1, 0.15) is 27.2 Å². The zero-order valence-corrected chi connectivity index (χ0v) is 16.5. The van der Waals surface area contributed by atoms with Crippen LogP contribution in [0.2, 0.25) is 5.02 Å². The smallest absolute Gasteiger partial charge is 0.343 e. The maximum Gasteiger partial charge on any atom is 0.343 e. The van der Waals surface area contributed by atoms with Crippen LogP contribution in [0.3, 0.4) is 0 Å². The Balaban J connectivity index is 1.77. The van der Waals surface area contributed by atoms with E-state index in [1.165, 1.54) is 24.9 Å². The summed E-state index contributed by atoms with van der Waals surface area (Å²) < 4.78 is 11.7. The summed E-state index contributed by atoms with van der Waals surface area (Å²) in [5, 5.41) is 3.04. The van der Waals surface area contributed by atoms with E-state index in [4.69, 9.17) is 20.8 Å². The van der Waals surface area contributed by atoms with E-state index in [2.05, 4.69) is 10.3 Å². The minimum atomic E-state index is -0.844. The predicted molar refractivity (Wildman–Crippen MR) is 104 cm³/mol. The van der Waals surface area contributed by atoms with Gasteiger partial charge in [0.25, 0.3) is 11.5 Å². The van der Waals surface area contributed by atoms with Crippen LogP contribution >= 0.6 is 11.6 Å². The third-order valence-electron chi connectivity index (χ3n) is 4.18. The number of benzene rings is 1. The standard InChI is InChI=1S/C19H18ClN3O5/c1-9-5-10(2)16(12(20)6-9)22-13(24)7-27-19(26)14-11(3)28-17-15(14)18(25)23(4)8-21-17/h5-6,8H,7H2,1-4H3,(H,22,24). The molecule has 0 aliphatic carbocycles. The Bertz CT molecular complexity index is 1140. The zero-order chi connectivity index (χ0) is 20.6. The van der Waals surface area contributed by atoms with Gasteiger partial charge in [-0.2, -0.15) is 0 Å². The van der Waals surface area contributed by atoms with Crippen molar-refractivity contribution in [2.75, 3.05) is 11.9 Å². The number of hydrogen-bond acceptors (Lipinski definition) is 6. The number of nitrogens with zero attached hydrogens (tertiary/aromatic N) is 2. The molecule has 0 spiro atoms. The molecule has 1 N–H and O–H groups in total. The molecular weight excluding hydrogens is 386 g/mol. The van der Waals surface area contributed by atoms with Gasteiger partial charge >= 0.3 is 5.97 Å². The molecular formula is C19H18ClN3O5. The number of amides is 1. The SMILES string of the molecule is Cc1cc(C)c(NC(=O)COC(=O)c2c(C)oc3ncn(C)c(=O)c23)c(Cl)c1. The number of ether oxygens (including phenoxy) is 1. The summed E-state index contributed by atoms with van der Waals surface area (Å²) in [4.78, 5) is 41.0. The number of rotatable bonds is 4. The lowest BCUT2D eigenvalue weighted by Crippen LogP contribution is -2.23. The third-order valence-corrected chi connectivity index (χ3v) is 4.48. The van der Waals surface area contributed by atoms with Crippen LogP contribution in [0, 0.1) is 20.8 Å². The fourth-order valence-electron chi connectivity index (χ4n) is 2.89. The molecule has 0 bridgehead atoms. The monoisotopic (exact) mass is 403 g/mol. The van der Waals surface area contributed by atoms with E-state index in [9.17, 15) is 14.4 Å². The van der Waals surface area contributed by atoms with Crippen molar-refractivity contribution in [2.24, 2.45) is 7.05 Å². The van der Waals surface area contributed by atoms with Crippen LogP contribution in [0.25, 0.3) is 11.1 Å². The maximum atomic E-state index is 12.5. The molecule has 2 heterocycles. The van der Waals surface area contributed by atoms with Gasteiger partial charge < -0.3 is 19.0 Å². The first-order valence-corrected chi connectivity index (χ1v) is 8.75. The molecule has 0 fully saturated rings. The van der Waals surface area contributed by atoms with Gasteiger partial charge in [-0.05, 0) is 38.0 Å². The average molecular weight is 404 g/mol. The summed E-state index contributed by atoms with van der Waals surface area (Å²) in [6.07, 6.45) is 1.30. The van der Waals surface area contributed by atoms with E-state index in [0.29, 0.717) is 10.7 Å². The van der Waals surface area contributed by atoms with Crippen molar-refractivity contribution in [3.63, 3.8) is 0 Å². The number of hydrogen-bond donors (Lipinski definition) is 1. The first-order chi connectivity index (χ1) is 13.2. The highest BCUT2D eigenvalue weighted by Gasteiger charge is 2.24. The number of anilines is 1. The molecule has 8 nitrogen and oxygen atoms in total. The Morgan fingerprint density at radius 3 is 2.68 bits per heavy atom. The quantitative estimate of drug-likeness (QED) is 0.672. The van der Waals surface area contributed by atoms with Gasteiger partial charge in [-0.3, -0.25) is 9.59 Å².